The Bertz CT molecular complexity index is 828. The molecule has 0 radical (unpaired) electrons. The zero-order chi connectivity index (χ0) is 16.4. The summed E-state index contributed by atoms with van der Waals surface area (Å²) < 4.78 is 11.2. The average molecular weight is 393 g/mol. The number of ether oxygens (including phenoxy) is 2. The first-order chi connectivity index (χ1) is 11.1. The second-order valence-electron chi connectivity index (χ2n) is 4.74. The number of hydrogen-bond acceptors (Lipinski definition) is 4. The van der Waals surface area contributed by atoms with Crippen LogP contribution in [0.5, 0.6) is 5.75 Å². The van der Waals surface area contributed by atoms with E-state index in [1.165, 1.54) is 0 Å². The number of rotatable bonds is 3. The van der Waals surface area contributed by atoms with Crippen LogP contribution in [0.15, 0.2) is 57.6 Å². The van der Waals surface area contributed by atoms with Crippen LogP contribution in [-0.2, 0) is 9.53 Å². The third-order valence-corrected chi connectivity index (χ3v) is 4.06. The van der Waals surface area contributed by atoms with Crippen molar-refractivity contribution < 1.29 is 14.3 Å². The normalized spacial score (nSPS) is 15.5. The van der Waals surface area contributed by atoms with Crippen molar-refractivity contribution in [2.45, 2.75) is 0 Å². The highest BCUT2D eigenvalue weighted by molar-refractivity contribution is 9.10. The number of methoxy groups -OCH3 is 1. The molecular weight excluding hydrogens is 382 g/mol. The van der Waals surface area contributed by atoms with E-state index in [4.69, 9.17) is 21.1 Å². The van der Waals surface area contributed by atoms with Gasteiger partial charge in [-0.3, -0.25) is 0 Å². The van der Waals surface area contributed by atoms with Crippen molar-refractivity contribution in [3.05, 3.63) is 68.8 Å². The van der Waals surface area contributed by atoms with Crippen molar-refractivity contribution in [3.63, 3.8) is 0 Å². The fourth-order valence-corrected chi connectivity index (χ4v) is 2.72. The van der Waals surface area contributed by atoms with Crippen molar-refractivity contribution in [3.8, 4) is 5.75 Å². The van der Waals surface area contributed by atoms with Crippen LogP contribution in [0.1, 0.15) is 11.1 Å². The van der Waals surface area contributed by atoms with Gasteiger partial charge in [0.25, 0.3) is 0 Å². The first kappa shape index (κ1) is 15.8. The second-order valence-corrected chi connectivity index (χ2v) is 6.03. The molecule has 3 rings (SSSR count). The van der Waals surface area contributed by atoms with E-state index in [1.54, 1.807) is 55.7 Å². The molecule has 1 aliphatic heterocycles. The molecular formula is C17H11BrClNO3. The Balaban J connectivity index is 1.92. The topological polar surface area (TPSA) is 47.9 Å². The van der Waals surface area contributed by atoms with E-state index in [0.717, 1.165) is 10.0 Å². The van der Waals surface area contributed by atoms with Gasteiger partial charge in [0.1, 0.15) is 5.75 Å². The zero-order valence-electron chi connectivity index (χ0n) is 12.0. The number of carbonyl (C=O) groups excluding carboxylic acids is 1. The Labute approximate surface area is 146 Å². The summed E-state index contributed by atoms with van der Waals surface area (Å²) in [5.41, 5.74) is 1.75. The molecule has 0 aliphatic carbocycles. The lowest BCUT2D eigenvalue weighted by Gasteiger charge is -2.05. The number of aliphatic imine (C=N–C) groups is 1. The molecule has 1 aliphatic rings. The lowest BCUT2D eigenvalue weighted by molar-refractivity contribution is -0.129. The summed E-state index contributed by atoms with van der Waals surface area (Å²) in [6, 6.07) is 12.5. The van der Waals surface area contributed by atoms with E-state index in [9.17, 15) is 4.79 Å². The van der Waals surface area contributed by atoms with Gasteiger partial charge >= 0.3 is 5.97 Å². The number of esters is 1. The Kier molecular flexibility index (Phi) is 4.50. The van der Waals surface area contributed by atoms with Crippen LogP contribution < -0.4 is 4.74 Å². The van der Waals surface area contributed by atoms with E-state index >= 15 is 0 Å². The molecule has 0 atom stereocenters. The minimum absolute atomic E-state index is 0.245. The van der Waals surface area contributed by atoms with Crippen molar-refractivity contribution in [2.24, 2.45) is 4.99 Å². The van der Waals surface area contributed by atoms with Gasteiger partial charge in [0.05, 0.1) is 11.6 Å². The lowest BCUT2D eigenvalue weighted by Crippen LogP contribution is -2.05. The molecule has 6 heteroatoms. The predicted octanol–water partition coefficient (Wildman–Crippen LogP) is 4.46. The minimum atomic E-state index is -0.484. The number of hydrogen-bond donors (Lipinski definition) is 0. The molecule has 116 valence electrons. The van der Waals surface area contributed by atoms with Crippen LogP contribution in [0.2, 0.25) is 5.02 Å². The summed E-state index contributed by atoms with van der Waals surface area (Å²) in [7, 11) is 1.58. The molecule has 2 aromatic rings. The van der Waals surface area contributed by atoms with E-state index in [2.05, 4.69) is 20.9 Å². The molecule has 0 bridgehead atoms. The molecule has 0 unspecified atom stereocenters. The molecule has 0 fully saturated rings. The van der Waals surface area contributed by atoms with Gasteiger partial charge in [-0.15, -0.1) is 0 Å². The molecule has 0 spiro atoms. The molecule has 1 heterocycles. The summed E-state index contributed by atoms with van der Waals surface area (Å²) in [5.74, 6) is 0.469. The zero-order valence-corrected chi connectivity index (χ0v) is 14.4. The summed E-state index contributed by atoms with van der Waals surface area (Å²) in [4.78, 5) is 16.2. The summed E-state index contributed by atoms with van der Waals surface area (Å²) in [6.45, 7) is 0. The standard InChI is InChI=1S/C17H11BrClNO3/c1-22-15-7-4-11(9-13(15)18)16-20-14(17(21)23-16)8-10-2-5-12(19)6-3-10/h2-9H,1H3/b14-8-. The van der Waals surface area contributed by atoms with Gasteiger partial charge < -0.3 is 9.47 Å². The van der Waals surface area contributed by atoms with Crippen LogP contribution in [-0.4, -0.2) is 19.0 Å². The molecule has 2 aromatic carbocycles. The minimum Gasteiger partial charge on any atom is -0.496 e. The van der Waals surface area contributed by atoms with Gasteiger partial charge in [-0.1, -0.05) is 23.7 Å². The number of halogens is 2. The van der Waals surface area contributed by atoms with Crippen LogP contribution in [0.3, 0.4) is 0 Å². The van der Waals surface area contributed by atoms with Crippen LogP contribution in [0, 0.1) is 0 Å². The first-order valence-electron chi connectivity index (χ1n) is 6.69. The first-order valence-corrected chi connectivity index (χ1v) is 7.86. The maximum absolute atomic E-state index is 12.0. The second kappa shape index (κ2) is 6.56. The Morgan fingerprint density at radius 2 is 1.96 bits per heavy atom. The largest absolute Gasteiger partial charge is 0.496 e. The summed E-state index contributed by atoms with van der Waals surface area (Å²) in [5, 5.41) is 0.633. The van der Waals surface area contributed by atoms with Gasteiger partial charge in [0.2, 0.25) is 5.90 Å². The fraction of sp³-hybridized carbons (Fsp3) is 0.0588. The van der Waals surface area contributed by atoms with Gasteiger partial charge in [0, 0.05) is 10.6 Å². The van der Waals surface area contributed by atoms with Crippen LogP contribution in [0.4, 0.5) is 0 Å². The monoisotopic (exact) mass is 391 g/mol. The molecule has 0 N–H and O–H groups in total. The number of carbonyl (C=O) groups is 1. The van der Waals surface area contributed by atoms with E-state index < -0.39 is 5.97 Å². The highest BCUT2D eigenvalue weighted by Gasteiger charge is 2.24. The van der Waals surface area contributed by atoms with Crippen LogP contribution in [0.25, 0.3) is 6.08 Å². The fourth-order valence-electron chi connectivity index (χ4n) is 2.05. The van der Waals surface area contributed by atoms with Gasteiger partial charge in [0.15, 0.2) is 5.70 Å². The summed E-state index contributed by atoms with van der Waals surface area (Å²) >= 11 is 9.24. The van der Waals surface area contributed by atoms with Gasteiger partial charge in [-0.25, -0.2) is 9.79 Å². The average Bonchev–Trinajstić information content (AvgIpc) is 2.90. The summed E-state index contributed by atoms with van der Waals surface area (Å²) in [6.07, 6.45) is 1.66. The molecule has 23 heavy (non-hydrogen) atoms. The smallest absolute Gasteiger partial charge is 0.363 e. The van der Waals surface area contributed by atoms with Gasteiger partial charge in [-0.2, -0.15) is 0 Å². The third-order valence-electron chi connectivity index (χ3n) is 3.19. The molecule has 0 saturated carbocycles. The van der Waals surface area contributed by atoms with Crippen molar-refractivity contribution in [2.75, 3.05) is 7.11 Å². The Morgan fingerprint density at radius 3 is 2.61 bits per heavy atom. The molecule has 0 amide bonds. The highest BCUT2D eigenvalue weighted by atomic mass is 79.9. The molecule has 0 aromatic heterocycles. The van der Waals surface area contributed by atoms with Crippen molar-refractivity contribution >= 4 is 45.5 Å². The Hall–Kier alpha value is -2.11. The van der Waals surface area contributed by atoms with Crippen LogP contribution >= 0.6 is 27.5 Å². The van der Waals surface area contributed by atoms with Crippen molar-refractivity contribution in [1.29, 1.82) is 0 Å². The van der Waals surface area contributed by atoms with Gasteiger partial charge in [-0.05, 0) is 57.9 Å². The Morgan fingerprint density at radius 1 is 1.22 bits per heavy atom. The lowest BCUT2D eigenvalue weighted by atomic mass is 10.2. The number of nitrogens with zero attached hydrogens (tertiary/aromatic N) is 1. The molecule has 0 saturated heterocycles. The maximum Gasteiger partial charge on any atom is 0.363 e. The van der Waals surface area contributed by atoms with E-state index in [-0.39, 0.29) is 11.6 Å². The SMILES string of the molecule is COc1ccc(C2=N/C(=C\c3ccc(Cl)cc3)C(=O)O2)cc1Br. The predicted molar refractivity (Wildman–Crippen MR) is 92.8 cm³/mol. The van der Waals surface area contributed by atoms with Crippen molar-refractivity contribution in [1.82, 2.24) is 0 Å². The van der Waals surface area contributed by atoms with E-state index in [0.29, 0.717) is 16.3 Å². The number of cyclic esters (lactones) is 1. The maximum atomic E-state index is 12.0. The number of benzene rings is 2. The van der Waals surface area contributed by atoms with E-state index in [1.807, 2.05) is 0 Å². The molecule has 4 nitrogen and oxygen atoms in total. The third kappa shape index (κ3) is 3.46. The highest BCUT2D eigenvalue weighted by Crippen LogP contribution is 2.28. The quantitative estimate of drug-likeness (QED) is 0.572.